The van der Waals surface area contributed by atoms with E-state index in [0.717, 1.165) is 17.4 Å². The number of nitrogens with one attached hydrogen (secondary N) is 1. The fourth-order valence-electron chi connectivity index (χ4n) is 2.22. The molecule has 2 aromatic rings. The van der Waals surface area contributed by atoms with Crippen LogP contribution in [0.3, 0.4) is 0 Å². The van der Waals surface area contributed by atoms with Gasteiger partial charge >= 0.3 is 11.9 Å². The van der Waals surface area contributed by atoms with Crippen LogP contribution >= 0.6 is 22.9 Å². The van der Waals surface area contributed by atoms with E-state index >= 15 is 0 Å². The number of carbonyl (C=O) groups is 3. The second kappa shape index (κ2) is 8.29. The molecule has 1 aromatic carbocycles. The van der Waals surface area contributed by atoms with Crippen LogP contribution in [0.5, 0.6) is 0 Å². The van der Waals surface area contributed by atoms with Crippen LogP contribution in [-0.4, -0.2) is 31.6 Å². The molecule has 0 aliphatic rings. The number of halogens is 2. The summed E-state index contributed by atoms with van der Waals surface area (Å²) in [7, 11) is 1.20. The topological polar surface area (TPSA) is 81.7 Å². The van der Waals surface area contributed by atoms with E-state index in [4.69, 9.17) is 16.3 Å². The van der Waals surface area contributed by atoms with Crippen LogP contribution in [0.4, 0.5) is 9.39 Å². The molecule has 0 spiro atoms. The molecule has 1 amide bonds. The summed E-state index contributed by atoms with van der Waals surface area (Å²) in [6, 6.07) is 3.82. The number of hydrogen-bond donors (Lipinski definition) is 1. The summed E-state index contributed by atoms with van der Waals surface area (Å²) < 4.78 is 23.6. The van der Waals surface area contributed by atoms with Gasteiger partial charge in [-0.3, -0.25) is 4.79 Å². The maximum atomic E-state index is 13.9. The minimum atomic E-state index is -0.851. The van der Waals surface area contributed by atoms with Gasteiger partial charge in [-0.1, -0.05) is 17.7 Å². The van der Waals surface area contributed by atoms with E-state index in [1.807, 2.05) is 0 Å². The van der Waals surface area contributed by atoms with Gasteiger partial charge in [0.15, 0.2) is 0 Å². The van der Waals surface area contributed by atoms with E-state index in [1.54, 1.807) is 6.92 Å². The molecule has 9 heteroatoms. The molecule has 6 nitrogen and oxygen atoms in total. The average molecular weight is 400 g/mol. The molecule has 0 saturated carbocycles. The normalized spacial score (nSPS) is 10.3. The summed E-state index contributed by atoms with van der Waals surface area (Å²) in [6.07, 6.45) is 0. The predicted octanol–water partition coefficient (Wildman–Crippen LogP) is 4.06. The smallest absolute Gasteiger partial charge is 0.348 e. The highest BCUT2D eigenvalue weighted by atomic mass is 35.5. The number of carbonyl (C=O) groups excluding carboxylic acids is 3. The number of anilines is 1. The molecule has 0 radical (unpaired) electrons. The Bertz CT molecular complexity index is 860. The first-order valence-corrected chi connectivity index (χ1v) is 8.65. The molecule has 138 valence electrons. The number of rotatable bonds is 5. The highest BCUT2D eigenvalue weighted by Gasteiger charge is 2.28. The Balaban J connectivity index is 2.49. The quantitative estimate of drug-likeness (QED) is 0.766. The Morgan fingerprint density at radius 1 is 1.23 bits per heavy atom. The van der Waals surface area contributed by atoms with Gasteiger partial charge in [-0.15, -0.1) is 11.3 Å². The van der Waals surface area contributed by atoms with Crippen molar-refractivity contribution in [1.29, 1.82) is 0 Å². The lowest BCUT2D eigenvalue weighted by molar-refractivity contribution is 0.0527. The molecule has 0 saturated heterocycles. The zero-order chi connectivity index (χ0) is 19.4. The standard InChI is InChI=1S/C17H15ClFNO5S/c1-4-25-16(22)11-8(2)13(17(23)24-3)26-15(11)20-14(21)12-9(18)6-5-7-10(12)19/h5-7H,4H2,1-3H3,(H,20,21). The Kier molecular flexibility index (Phi) is 6.33. The van der Waals surface area contributed by atoms with E-state index < -0.39 is 23.7 Å². The second-order valence-corrected chi connectivity index (χ2v) is 6.45. The molecule has 1 aromatic heterocycles. The summed E-state index contributed by atoms with van der Waals surface area (Å²) in [5.41, 5.74) is -0.0528. The van der Waals surface area contributed by atoms with Gasteiger partial charge in [0.1, 0.15) is 15.7 Å². The van der Waals surface area contributed by atoms with Crippen molar-refractivity contribution in [3.8, 4) is 0 Å². The van der Waals surface area contributed by atoms with E-state index in [9.17, 15) is 18.8 Å². The van der Waals surface area contributed by atoms with Gasteiger partial charge in [-0.05, 0) is 31.5 Å². The Hall–Kier alpha value is -2.45. The highest BCUT2D eigenvalue weighted by molar-refractivity contribution is 7.18. The fraction of sp³-hybridized carbons (Fsp3) is 0.235. The molecule has 26 heavy (non-hydrogen) atoms. The third kappa shape index (κ3) is 3.86. The Morgan fingerprint density at radius 2 is 1.92 bits per heavy atom. The van der Waals surface area contributed by atoms with E-state index in [-0.39, 0.29) is 32.6 Å². The molecule has 0 unspecified atom stereocenters. The molecule has 1 N–H and O–H groups in total. The molecule has 0 bridgehead atoms. The Labute approximate surface area is 157 Å². The molecule has 0 fully saturated rings. The maximum Gasteiger partial charge on any atom is 0.348 e. The van der Waals surface area contributed by atoms with Crippen molar-refractivity contribution < 1.29 is 28.2 Å². The lowest BCUT2D eigenvalue weighted by Gasteiger charge is -2.08. The van der Waals surface area contributed by atoms with Crippen LogP contribution in [0.25, 0.3) is 0 Å². The molecule has 1 heterocycles. The summed E-state index contributed by atoms with van der Waals surface area (Å²) in [4.78, 5) is 36.7. The minimum Gasteiger partial charge on any atom is -0.465 e. The number of esters is 2. The van der Waals surface area contributed by atoms with Gasteiger partial charge in [0.2, 0.25) is 0 Å². The minimum absolute atomic E-state index is 0.0121. The van der Waals surface area contributed by atoms with Crippen LogP contribution < -0.4 is 5.32 Å². The number of thiophene rings is 1. The lowest BCUT2D eigenvalue weighted by atomic mass is 10.1. The molecule has 0 atom stereocenters. The van der Waals surface area contributed by atoms with Gasteiger partial charge < -0.3 is 14.8 Å². The third-order valence-corrected chi connectivity index (χ3v) is 4.92. The van der Waals surface area contributed by atoms with Crippen LogP contribution in [0, 0.1) is 12.7 Å². The van der Waals surface area contributed by atoms with Crippen molar-refractivity contribution in [1.82, 2.24) is 0 Å². The number of benzene rings is 1. The molecular formula is C17H15ClFNO5S. The SMILES string of the molecule is CCOC(=O)c1c(NC(=O)c2c(F)cccc2Cl)sc(C(=O)OC)c1C. The number of methoxy groups -OCH3 is 1. The van der Waals surface area contributed by atoms with E-state index in [1.165, 1.54) is 26.2 Å². The molecule has 0 aliphatic carbocycles. The van der Waals surface area contributed by atoms with E-state index in [2.05, 4.69) is 10.1 Å². The first-order valence-electron chi connectivity index (χ1n) is 7.45. The Morgan fingerprint density at radius 3 is 2.50 bits per heavy atom. The van der Waals surface area contributed by atoms with Gasteiger partial charge in [-0.2, -0.15) is 0 Å². The van der Waals surface area contributed by atoms with Gasteiger partial charge in [0.05, 0.1) is 29.9 Å². The first-order chi connectivity index (χ1) is 12.3. The van der Waals surface area contributed by atoms with Crippen molar-refractivity contribution in [3.05, 3.63) is 50.6 Å². The number of ether oxygens (including phenoxy) is 2. The van der Waals surface area contributed by atoms with Gasteiger partial charge in [0, 0.05) is 0 Å². The van der Waals surface area contributed by atoms with Crippen LogP contribution in [0.15, 0.2) is 18.2 Å². The van der Waals surface area contributed by atoms with Gasteiger partial charge in [0.25, 0.3) is 5.91 Å². The first kappa shape index (κ1) is 19.9. The molecule has 2 rings (SSSR count). The predicted molar refractivity (Wildman–Crippen MR) is 95.7 cm³/mol. The van der Waals surface area contributed by atoms with Crippen molar-refractivity contribution in [3.63, 3.8) is 0 Å². The lowest BCUT2D eigenvalue weighted by Crippen LogP contribution is -2.16. The monoisotopic (exact) mass is 399 g/mol. The average Bonchev–Trinajstić information content (AvgIpc) is 2.90. The van der Waals surface area contributed by atoms with E-state index in [0.29, 0.717) is 5.56 Å². The fourth-order valence-corrected chi connectivity index (χ4v) is 3.58. The number of amides is 1. The van der Waals surface area contributed by atoms with Crippen molar-refractivity contribution in [2.24, 2.45) is 0 Å². The third-order valence-electron chi connectivity index (χ3n) is 3.41. The number of hydrogen-bond acceptors (Lipinski definition) is 6. The van der Waals surface area contributed by atoms with Crippen LogP contribution in [0.2, 0.25) is 5.02 Å². The van der Waals surface area contributed by atoms with Crippen LogP contribution in [-0.2, 0) is 9.47 Å². The molecular weight excluding hydrogens is 385 g/mol. The molecule has 0 aliphatic heterocycles. The highest BCUT2D eigenvalue weighted by Crippen LogP contribution is 2.35. The summed E-state index contributed by atoms with van der Waals surface area (Å²) in [5.74, 6) is -3.04. The van der Waals surface area contributed by atoms with Crippen molar-refractivity contribution in [2.45, 2.75) is 13.8 Å². The van der Waals surface area contributed by atoms with Gasteiger partial charge in [-0.25, -0.2) is 14.0 Å². The summed E-state index contributed by atoms with van der Waals surface area (Å²) >= 11 is 6.72. The van der Waals surface area contributed by atoms with Crippen LogP contribution in [0.1, 0.15) is 42.9 Å². The second-order valence-electron chi connectivity index (χ2n) is 5.02. The van der Waals surface area contributed by atoms with Crippen molar-refractivity contribution >= 4 is 45.8 Å². The zero-order valence-corrected chi connectivity index (χ0v) is 15.7. The summed E-state index contributed by atoms with van der Waals surface area (Å²) in [6.45, 7) is 3.26. The zero-order valence-electron chi connectivity index (χ0n) is 14.1. The largest absolute Gasteiger partial charge is 0.465 e. The summed E-state index contributed by atoms with van der Waals surface area (Å²) in [5, 5.41) is 2.40. The van der Waals surface area contributed by atoms with Crippen molar-refractivity contribution in [2.75, 3.05) is 19.0 Å². The maximum absolute atomic E-state index is 13.9.